The van der Waals surface area contributed by atoms with Gasteiger partial charge in [-0.2, -0.15) is 5.26 Å². The largest absolute Gasteiger partial charge is 0.445 e. The van der Waals surface area contributed by atoms with Crippen molar-refractivity contribution in [2.45, 2.75) is 32.8 Å². The van der Waals surface area contributed by atoms with Gasteiger partial charge in [0.05, 0.1) is 19.0 Å². The molecule has 0 heterocycles. The molecule has 2 aromatic rings. The SMILES string of the molecule is CCc1ccc(-c2ccc(C(=O)NC[C@@H](C)OC(=O)NCCC#N)cc2)cc1. The van der Waals surface area contributed by atoms with Crippen LogP contribution in [0.5, 0.6) is 0 Å². The first-order chi connectivity index (χ1) is 13.5. The molecule has 2 aromatic carbocycles. The molecule has 0 saturated carbocycles. The van der Waals surface area contributed by atoms with Crippen LogP contribution in [0.3, 0.4) is 0 Å². The third-order valence-corrected chi connectivity index (χ3v) is 4.21. The fraction of sp³-hybridized carbons (Fsp3) is 0.318. The minimum Gasteiger partial charge on any atom is -0.445 e. The van der Waals surface area contributed by atoms with Gasteiger partial charge in [-0.25, -0.2) is 4.79 Å². The van der Waals surface area contributed by atoms with Crippen molar-refractivity contribution in [3.8, 4) is 17.2 Å². The predicted molar refractivity (Wildman–Crippen MR) is 108 cm³/mol. The minimum absolute atomic E-state index is 0.199. The third kappa shape index (κ3) is 6.44. The Bertz CT molecular complexity index is 824. The maximum Gasteiger partial charge on any atom is 0.407 e. The molecule has 6 nitrogen and oxygen atoms in total. The summed E-state index contributed by atoms with van der Waals surface area (Å²) in [7, 11) is 0. The number of carbonyl (C=O) groups is 2. The van der Waals surface area contributed by atoms with E-state index < -0.39 is 12.2 Å². The van der Waals surface area contributed by atoms with Gasteiger partial charge in [0.15, 0.2) is 0 Å². The highest BCUT2D eigenvalue weighted by Gasteiger charge is 2.12. The first kappa shape index (κ1) is 21.0. The van der Waals surface area contributed by atoms with E-state index in [1.54, 1.807) is 19.1 Å². The lowest BCUT2D eigenvalue weighted by atomic mass is 10.0. The lowest BCUT2D eigenvalue weighted by molar-refractivity contribution is 0.0865. The van der Waals surface area contributed by atoms with Crippen LogP contribution < -0.4 is 10.6 Å². The van der Waals surface area contributed by atoms with Crippen LogP contribution in [0.2, 0.25) is 0 Å². The molecule has 0 unspecified atom stereocenters. The first-order valence-corrected chi connectivity index (χ1v) is 9.32. The summed E-state index contributed by atoms with van der Waals surface area (Å²) in [5.74, 6) is -0.229. The Kier molecular flexibility index (Phi) is 8.04. The Balaban J connectivity index is 1.83. The lowest BCUT2D eigenvalue weighted by Crippen LogP contribution is -2.36. The Labute approximate surface area is 165 Å². The molecule has 0 bridgehead atoms. The zero-order valence-corrected chi connectivity index (χ0v) is 16.2. The lowest BCUT2D eigenvalue weighted by Gasteiger charge is -2.14. The van der Waals surface area contributed by atoms with E-state index in [4.69, 9.17) is 10.00 Å². The molecule has 146 valence electrons. The molecule has 0 fully saturated rings. The zero-order chi connectivity index (χ0) is 20.4. The van der Waals surface area contributed by atoms with Crippen molar-refractivity contribution in [3.05, 3.63) is 59.7 Å². The topological polar surface area (TPSA) is 91.2 Å². The average molecular weight is 379 g/mol. The summed E-state index contributed by atoms with van der Waals surface area (Å²) < 4.78 is 5.10. The molecule has 0 saturated heterocycles. The Morgan fingerprint density at radius 2 is 1.64 bits per heavy atom. The number of hydrogen-bond acceptors (Lipinski definition) is 4. The quantitative estimate of drug-likeness (QED) is 0.685. The van der Waals surface area contributed by atoms with Crippen molar-refractivity contribution < 1.29 is 14.3 Å². The second-order valence-corrected chi connectivity index (χ2v) is 6.39. The second kappa shape index (κ2) is 10.7. The van der Waals surface area contributed by atoms with Crippen LogP contribution in [-0.4, -0.2) is 31.2 Å². The van der Waals surface area contributed by atoms with E-state index >= 15 is 0 Å². The van der Waals surface area contributed by atoms with E-state index in [1.807, 2.05) is 18.2 Å². The maximum absolute atomic E-state index is 12.3. The van der Waals surface area contributed by atoms with Gasteiger partial charge in [0, 0.05) is 12.1 Å². The van der Waals surface area contributed by atoms with E-state index in [0.29, 0.717) is 5.56 Å². The van der Waals surface area contributed by atoms with Gasteiger partial charge in [0.25, 0.3) is 5.91 Å². The van der Waals surface area contributed by atoms with E-state index in [1.165, 1.54) is 5.56 Å². The summed E-state index contributed by atoms with van der Waals surface area (Å²) in [6, 6.07) is 17.7. The predicted octanol–water partition coefficient (Wildman–Crippen LogP) is 3.67. The van der Waals surface area contributed by atoms with Gasteiger partial charge in [0.1, 0.15) is 6.10 Å². The number of benzene rings is 2. The number of nitrogens with one attached hydrogen (secondary N) is 2. The highest BCUT2D eigenvalue weighted by atomic mass is 16.6. The number of nitrogens with zero attached hydrogens (tertiary/aromatic N) is 1. The summed E-state index contributed by atoms with van der Waals surface area (Å²) in [5, 5.41) is 13.6. The summed E-state index contributed by atoms with van der Waals surface area (Å²) in [6.07, 6.45) is 0.139. The van der Waals surface area contributed by atoms with Gasteiger partial charge in [-0.15, -0.1) is 0 Å². The van der Waals surface area contributed by atoms with Crippen molar-refractivity contribution in [2.24, 2.45) is 0 Å². The van der Waals surface area contributed by atoms with Gasteiger partial charge in [-0.05, 0) is 42.2 Å². The van der Waals surface area contributed by atoms with Gasteiger partial charge in [0.2, 0.25) is 0 Å². The standard InChI is InChI=1S/C22H25N3O3/c1-3-17-5-7-18(8-6-17)19-9-11-20(12-10-19)21(26)25-15-16(2)28-22(27)24-14-4-13-23/h5-12,16H,3-4,14-15H2,1-2H3,(H,24,27)(H,25,26)/t16-/m1/s1. The van der Waals surface area contributed by atoms with Crippen LogP contribution in [-0.2, 0) is 11.2 Å². The smallest absolute Gasteiger partial charge is 0.407 e. The molecular formula is C22H25N3O3. The van der Waals surface area contributed by atoms with Gasteiger partial charge in [-0.1, -0.05) is 43.3 Å². The normalized spacial score (nSPS) is 11.2. The van der Waals surface area contributed by atoms with Crippen LogP contribution >= 0.6 is 0 Å². The number of aryl methyl sites for hydroxylation is 1. The van der Waals surface area contributed by atoms with Crippen molar-refractivity contribution >= 4 is 12.0 Å². The highest BCUT2D eigenvalue weighted by molar-refractivity contribution is 5.94. The van der Waals surface area contributed by atoms with Crippen molar-refractivity contribution in [3.63, 3.8) is 0 Å². The molecule has 2 N–H and O–H groups in total. The van der Waals surface area contributed by atoms with Gasteiger partial charge >= 0.3 is 6.09 Å². The molecule has 0 radical (unpaired) electrons. The van der Waals surface area contributed by atoms with Gasteiger partial charge < -0.3 is 15.4 Å². The van der Waals surface area contributed by atoms with Crippen LogP contribution in [0.4, 0.5) is 4.79 Å². The number of amides is 2. The number of carbonyl (C=O) groups excluding carboxylic acids is 2. The molecular weight excluding hydrogens is 354 g/mol. The first-order valence-electron chi connectivity index (χ1n) is 9.32. The van der Waals surface area contributed by atoms with Crippen molar-refractivity contribution in [1.82, 2.24) is 10.6 Å². The van der Waals surface area contributed by atoms with Crippen LogP contribution in [0.1, 0.15) is 36.2 Å². The number of nitriles is 1. The van der Waals surface area contributed by atoms with E-state index in [9.17, 15) is 9.59 Å². The van der Waals surface area contributed by atoms with Crippen molar-refractivity contribution in [2.75, 3.05) is 13.1 Å². The Hall–Kier alpha value is -3.33. The fourth-order valence-corrected chi connectivity index (χ4v) is 2.57. The van der Waals surface area contributed by atoms with E-state index in [0.717, 1.165) is 17.5 Å². The van der Waals surface area contributed by atoms with Crippen molar-refractivity contribution in [1.29, 1.82) is 5.26 Å². The summed E-state index contributed by atoms with van der Waals surface area (Å²) in [6.45, 7) is 4.25. The number of rotatable bonds is 8. The average Bonchev–Trinajstić information content (AvgIpc) is 2.72. The maximum atomic E-state index is 12.3. The third-order valence-electron chi connectivity index (χ3n) is 4.21. The zero-order valence-electron chi connectivity index (χ0n) is 16.2. The number of ether oxygens (including phenoxy) is 1. The fourth-order valence-electron chi connectivity index (χ4n) is 2.57. The van der Waals surface area contributed by atoms with Crippen LogP contribution in [0, 0.1) is 11.3 Å². The summed E-state index contributed by atoms with van der Waals surface area (Å²) in [5.41, 5.74) is 3.98. The number of alkyl carbamates (subject to hydrolysis) is 1. The molecule has 0 spiro atoms. The molecule has 1 atom stereocenters. The Morgan fingerprint density at radius 1 is 1.04 bits per heavy atom. The molecule has 2 amide bonds. The van der Waals surface area contributed by atoms with Crippen LogP contribution in [0.15, 0.2) is 48.5 Å². The monoisotopic (exact) mass is 379 g/mol. The molecule has 0 aromatic heterocycles. The molecule has 6 heteroatoms. The Morgan fingerprint density at radius 3 is 2.21 bits per heavy atom. The highest BCUT2D eigenvalue weighted by Crippen LogP contribution is 2.20. The van der Waals surface area contributed by atoms with Gasteiger partial charge in [-0.3, -0.25) is 4.79 Å². The molecule has 0 aliphatic heterocycles. The summed E-state index contributed by atoms with van der Waals surface area (Å²) in [4.78, 5) is 23.8. The van der Waals surface area contributed by atoms with E-state index in [-0.39, 0.29) is 25.4 Å². The molecule has 0 aliphatic carbocycles. The molecule has 28 heavy (non-hydrogen) atoms. The molecule has 0 aliphatic rings. The van der Waals surface area contributed by atoms with E-state index in [2.05, 4.69) is 41.8 Å². The second-order valence-electron chi connectivity index (χ2n) is 6.39. The summed E-state index contributed by atoms with van der Waals surface area (Å²) >= 11 is 0. The van der Waals surface area contributed by atoms with Crippen LogP contribution in [0.25, 0.3) is 11.1 Å². The number of hydrogen-bond donors (Lipinski definition) is 2. The minimum atomic E-state index is -0.601. The molecule has 2 rings (SSSR count).